The van der Waals surface area contributed by atoms with Gasteiger partial charge in [-0.25, -0.2) is 0 Å². The van der Waals surface area contributed by atoms with Crippen molar-refractivity contribution >= 4 is 17.7 Å². The lowest BCUT2D eigenvalue weighted by atomic mass is 9.84. The number of thioether (sulfide) groups is 1. The van der Waals surface area contributed by atoms with Crippen LogP contribution in [0.4, 0.5) is 0 Å². The van der Waals surface area contributed by atoms with Crippen molar-refractivity contribution < 1.29 is 14.3 Å². The Labute approximate surface area is 218 Å². The molecule has 0 radical (unpaired) electrons. The molecule has 4 aromatic rings. The fraction of sp³-hybridized carbons (Fsp3) is 0.219. The maximum Gasteiger partial charge on any atom is 0.309 e. The van der Waals surface area contributed by atoms with Gasteiger partial charge in [-0.05, 0) is 41.3 Å². The molecule has 0 heterocycles. The Bertz CT molecular complexity index is 1110. The molecular formula is C32H32O3S. The van der Waals surface area contributed by atoms with E-state index in [1.54, 1.807) is 11.8 Å². The molecule has 184 valence electrons. The SMILES string of the molecule is CCOc1ccc(COC(=O)[C@H](C)CSC(c2ccccc2)(c2ccccc2)c2ccccc2)cc1. The van der Waals surface area contributed by atoms with Crippen molar-refractivity contribution in [3.63, 3.8) is 0 Å². The molecule has 0 aliphatic rings. The molecule has 0 saturated heterocycles. The molecule has 0 aliphatic carbocycles. The van der Waals surface area contributed by atoms with Gasteiger partial charge in [0.2, 0.25) is 0 Å². The monoisotopic (exact) mass is 496 g/mol. The number of hydrogen-bond acceptors (Lipinski definition) is 4. The van der Waals surface area contributed by atoms with Gasteiger partial charge in [-0.3, -0.25) is 4.79 Å². The highest BCUT2D eigenvalue weighted by atomic mass is 32.2. The van der Waals surface area contributed by atoms with E-state index in [1.807, 2.05) is 56.3 Å². The van der Waals surface area contributed by atoms with Crippen molar-refractivity contribution in [2.24, 2.45) is 5.92 Å². The maximum absolute atomic E-state index is 13.0. The van der Waals surface area contributed by atoms with Crippen LogP contribution in [0.3, 0.4) is 0 Å². The quantitative estimate of drug-likeness (QED) is 0.159. The molecule has 36 heavy (non-hydrogen) atoms. The van der Waals surface area contributed by atoms with E-state index in [9.17, 15) is 4.79 Å². The van der Waals surface area contributed by atoms with Gasteiger partial charge < -0.3 is 9.47 Å². The van der Waals surface area contributed by atoms with Crippen molar-refractivity contribution in [1.29, 1.82) is 0 Å². The number of benzene rings is 4. The van der Waals surface area contributed by atoms with Gasteiger partial charge in [0.05, 0.1) is 17.3 Å². The third kappa shape index (κ3) is 6.00. The van der Waals surface area contributed by atoms with Crippen LogP contribution < -0.4 is 4.74 Å². The zero-order valence-corrected chi connectivity index (χ0v) is 21.6. The van der Waals surface area contributed by atoms with Crippen molar-refractivity contribution in [2.75, 3.05) is 12.4 Å². The summed E-state index contributed by atoms with van der Waals surface area (Å²) in [4.78, 5) is 13.0. The van der Waals surface area contributed by atoms with Gasteiger partial charge in [0.25, 0.3) is 0 Å². The van der Waals surface area contributed by atoms with Crippen LogP contribution in [0.5, 0.6) is 5.75 Å². The predicted octanol–water partition coefficient (Wildman–Crippen LogP) is 7.49. The summed E-state index contributed by atoms with van der Waals surface area (Å²) < 4.78 is 10.7. The third-order valence-electron chi connectivity index (χ3n) is 6.11. The van der Waals surface area contributed by atoms with E-state index in [2.05, 4.69) is 72.8 Å². The van der Waals surface area contributed by atoms with Gasteiger partial charge in [-0.1, -0.05) is 110 Å². The average Bonchev–Trinajstić information content (AvgIpc) is 2.94. The zero-order chi connectivity index (χ0) is 25.2. The molecule has 0 amide bonds. The molecule has 0 aliphatic heterocycles. The van der Waals surface area contributed by atoms with Gasteiger partial charge in [0.15, 0.2) is 0 Å². The van der Waals surface area contributed by atoms with E-state index in [-0.39, 0.29) is 18.5 Å². The molecule has 0 spiro atoms. The average molecular weight is 497 g/mol. The van der Waals surface area contributed by atoms with E-state index >= 15 is 0 Å². The molecule has 1 atom stereocenters. The summed E-state index contributed by atoms with van der Waals surface area (Å²) in [6, 6.07) is 39.2. The molecule has 0 saturated carbocycles. The second kappa shape index (κ2) is 12.5. The summed E-state index contributed by atoms with van der Waals surface area (Å²) in [6.45, 7) is 4.78. The Balaban J connectivity index is 1.54. The van der Waals surface area contributed by atoms with E-state index in [1.165, 1.54) is 16.7 Å². The number of rotatable bonds is 11. The van der Waals surface area contributed by atoms with Crippen molar-refractivity contribution in [2.45, 2.75) is 25.2 Å². The third-order valence-corrected chi connectivity index (χ3v) is 7.92. The Morgan fingerprint density at radius 2 is 1.22 bits per heavy atom. The van der Waals surface area contributed by atoms with Crippen LogP contribution in [0, 0.1) is 5.92 Å². The molecular weight excluding hydrogens is 464 g/mol. The van der Waals surface area contributed by atoms with Gasteiger partial charge >= 0.3 is 5.97 Å². The summed E-state index contributed by atoms with van der Waals surface area (Å²) in [5.41, 5.74) is 4.49. The minimum absolute atomic E-state index is 0.195. The molecule has 4 aromatic carbocycles. The molecule has 0 aromatic heterocycles. The van der Waals surface area contributed by atoms with Crippen molar-refractivity contribution in [3.8, 4) is 5.75 Å². The van der Waals surface area contributed by atoms with Crippen LogP contribution >= 0.6 is 11.8 Å². The fourth-order valence-electron chi connectivity index (χ4n) is 4.23. The minimum atomic E-state index is -0.451. The number of carbonyl (C=O) groups excluding carboxylic acids is 1. The molecule has 0 unspecified atom stereocenters. The van der Waals surface area contributed by atoms with Crippen molar-refractivity contribution in [3.05, 3.63) is 138 Å². The minimum Gasteiger partial charge on any atom is -0.494 e. The van der Waals surface area contributed by atoms with Gasteiger partial charge in [0, 0.05) is 5.75 Å². The Kier molecular flexibility index (Phi) is 8.85. The van der Waals surface area contributed by atoms with E-state index in [0.717, 1.165) is 11.3 Å². The lowest BCUT2D eigenvalue weighted by Gasteiger charge is -2.36. The van der Waals surface area contributed by atoms with Crippen LogP contribution in [0.15, 0.2) is 115 Å². The first kappa shape index (κ1) is 25.6. The first-order valence-electron chi connectivity index (χ1n) is 12.3. The Hall–Kier alpha value is -3.50. The molecule has 4 heteroatoms. The van der Waals surface area contributed by atoms with E-state index < -0.39 is 4.75 Å². The van der Waals surface area contributed by atoms with Crippen LogP contribution in [0.25, 0.3) is 0 Å². The van der Waals surface area contributed by atoms with Crippen LogP contribution in [0.1, 0.15) is 36.1 Å². The van der Waals surface area contributed by atoms with E-state index in [0.29, 0.717) is 12.4 Å². The summed E-state index contributed by atoms with van der Waals surface area (Å²) >= 11 is 1.78. The molecule has 0 bridgehead atoms. The van der Waals surface area contributed by atoms with Crippen LogP contribution in [0.2, 0.25) is 0 Å². The smallest absolute Gasteiger partial charge is 0.309 e. The lowest BCUT2D eigenvalue weighted by molar-refractivity contribution is -0.148. The Morgan fingerprint density at radius 1 is 0.750 bits per heavy atom. The van der Waals surface area contributed by atoms with Gasteiger partial charge in [-0.15, -0.1) is 11.8 Å². The summed E-state index contributed by atoms with van der Waals surface area (Å²) in [5, 5.41) is 0. The normalized spacial score (nSPS) is 12.1. The standard InChI is InChI=1S/C32H32O3S/c1-3-34-30-21-19-26(20-22-30)23-35-31(33)25(2)24-36-32(27-13-7-4-8-14-27,28-15-9-5-10-16-28)29-17-11-6-12-18-29/h4-22,25H,3,23-24H2,1-2H3/t25-/m1/s1. The summed E-state index contributed by atoms with van der Waals surface area (Å²) in [7, 11) is 0. The number of esters is 1. The topological polar surface area (TPSA) is 35.5 Å². The first-order chi connectivity index (χ1) is 17.6. The highest BCUT2D eigenvalue weighted by Crippen LogP contribution is 2.49. The van der Waals surface area contributed by atoms with Crippen LogP contribution in [-0.4, -0.2) is 18.3 Å². The van der Waals surface area contributed by atoms with Crippen molar-refractivity contribution in [1.82, 2.24) is 0 Å². The lowest BCUT2D eigenvalue weighted by Crippen LogP contribution is -2.28. The number of hydrogen-bond donors (Lipinski definition) is 0. The number of carbonyl (C=O) groups is 1. The summed E-state index contributed by atoms with van der Waals surface area (Å²) in [5.74, 6) is 0.963. The van der Waals surface area contributed by atoms with Gasteiger partial charge in [-0.2, -0.15) is 0 Å². The fourth-order valence-corrected chi connectivity index (χ4v) is 5.78. The van der Waals surface area contributed by atoms with Crippen LogP contribution in [-0.2, 0) is 20.9 Å². The molecule has 0 N–H and O–H groups in total. The largest absolute Gasteiger partial charge is 0.494 e. The zero-order valence-electron chi connectivity index (χ0n) is 20.8. The first-order valence-corrected chi connectivity index (χ1v) is 13.3. The second-order valence-corrected chi connectivity index (χ2v) is 9.91. The molecule has 3 nitrogen and oxygen atoms in total. The maximum atomic E-state index is 13.0. The summed E-state index contributed by atoms with van der Waals surface area (Å²) in [6.07, 6.45) is 0. The highest BCUT2D eigenvalue weighted by molar-refractivity contribution is 8.00. The second-order valence-electron chi connectivity index (χ2n) is 8.68. The molecule has 4 rings (SSSR count). The van der Waals surface area contributed by atoms with Gasteiger partial charge in [0.1, 0.15) is 12.4 Å². The highest BCUT2D eigenvalue weighted by Gasteiger charge is 2.37. The van der Waals surface area contributed by atoms with E-state index in [4.69, 9.17) is 9.47 Å². The molecule has 0 fully saturated rings. The Morgan fingerprint density at radius 3 is 1.67 bits per heavy atom. The number of ether oxygens (including phenoxy) is 2. The predicted molar refractivity (Wildman–Crippen MR) is 148 cm³/mol.